The molecule has 0 amide bonds. The van der Waals surface area contributed by atoms with Gasteiger partial charge < -0.3 is 10.4 Å². The maximum Gasteiger partial charge on any atom is 0.320 e. The highest BCUT2D eigenvalue weighted by Gasteiger charge is 2.16. The Labute approximate surface area is 73.5 Å². The van der Waals surface area contributed by atoms with E-state index < -0.39 is 12.0 Å². The van der Waals surface area contributed by atoms with Crippen molar-refractivity contribution in [3.05, 3.63) is 12.7 Å². The lowest BCUT2D eigenvalue weighted by Gasteiger charge is -2.14. The van der Waals surface area contributed by atoms with E-state index in [-0.39, 0.29) is 0 Å². The van der Waals surface area contributed by atoms with Gasteiger partial charge in [0.1, 0.15) is 6.04 Å². The summed E-state index contributed by atoms with van der Waals surface area (Å²) in [4.78, 5) is 10.6. The Morgan fingerprint density at radius 1 is 1.67 bits per heavy atom. The molecule has 0 bridgehead atoms. The van der Waals surface area contributed by atoms with Crippen molar-refractivity contribution in [3.8, 4) is 0 Å². The maximum atomic E-state index is 10.6. The quantitative estimate of drug-likeness (QED) is 0.591. The van der Waals surface area contributed by atoms with Gasteiger partial charge in [0.15, 0.2) is 0 Å². The molecule has 0 saturated heterocycles. The normalized spacial score (nSPS) is 12.9. The van der Waals surface area contributed by atoms with Crippen LogP contribution in [-0.4, -0.2) is 23.7 Å². The van der Waals surface area contributed by atoms with Gasteiger partial charge in [-0.2, -0.15) is 0 Å². The van der Waals surface area contributed by atoms with Crippen LogP contribution in [0, 0.1) is 5.92 Å². The van der Waals surface area contributed by atoms with Gasteiger partial charge in [-0.25, -0.2) is 0 Å². The summed E-state index contributed by atoms with van der Waals surface area (Å²) in [5.41, 5.74) is 0. The first-order valence-electron chi connectivity index (χ1n) is 4.15. The molecule has 0 unspecified atom stereocenters. The van der Waals surface area contributed by atoms with Gasteiger partial charge in [0, 0.05) is 6.54 Å². The molecule has 0 aliphatic carbocycles. The average molecular weight is 171 g/mol. The summed E-state index contributed by atoms with van der Waals surface area (Å²) in [5, 5.41) is 11.6. The van der Waals surface area contributed by atoms with Crippen LogP contribution in [0.25, 0.3) is 0 Å². The van der Waals surface area contributed by atoms with Gasteiger partial charge in [-0.3, -0.25) is 4.79 Å². The van der Waals surface area contributed by atoms with Crippen LogP contribution < -0.4 is 5.32 Å². The Morgan fingerprint density at radius 2 is 2.25 bits per heavy atom. The summed E-state index contributed by atoms with van der Waals surface area (Å²) >= 11 is 0. The minimum absolute atomic E-state index is 0.392. The van der Waals surface area contributed by atoms with Crippen molar-refractivity contribution in [1.29, 1.82) is 0 Å². The largest absolute Gasteiger partial charge is 0.480 e. The number of carboxylic acid groups (broad SMARTS) is 1. The predicted octanol–water partition coefficient (Wildman–Crippen LogP) is 1.26. The molecule has 3 nitrogen and oxygen atoms in total. The van der Waals surface area contributed by atoms with Crippen LogP contribution in [-0.2, 0) is 4.79 Å². The summed E-state index contributed by atoms with van der Waals surface area (Å²) in [6.07, 6.45) is 2.32. The highest BCUT2D eigenvalue weighted by molar-refractivity contribution is 5.73. The lowest BCUT2D eigenvalue weighted by atomic mass is 10.0. The fraction of sp³-hybridized carbons (Fsp3) is 0.667. The van der Waals surface area contributed by atoms with Crippen molar-refractivity contribution in [2.75, 3.05) is 6.54 Å². The number of nitrogens with one attached hydrogen (secondary N) is 1. The van der Waals surface area contributed by atoms with Crippen molar-refractivity contribution < 1.29 is 9.90 Å². The SMILES string of the molecule is C=CCN[C@@H](CC(C)C)C(=O)O. The van der Waals surface area contributed by atoms with E-state index in [9.17, 15) is 4.79 Å². The monoisotopic (exact) mass is 171 g/mol. The third-order valence-electron chi connectivity index (χ3n) is 1.51. The van der Waals surface area contributed by atoms with Gasteiger partial charge in [-0.05, 0) is 12.3 Å². The first kappa shape index (κ1) is 11.2. The molecular weight excluding hydrogens is 154 g/mol. The molecule has 0 fully saturated rings. The standard InChI is InChI=1S/C9H17NO2/c1-4-5-10-8(9(11)12)6-7(2)3/h4,7-8,10H,1,5-6H2,2-3H3,(H,11,12)/t8-/m0/s1. The van der Waals surface area contributed by atoms with Gasteiger partial charge in [-0.1, -0.05) is 19.9 Å². The van der Waals surface area contributed by atoms with Crippen LogP contribution in [0.1, 0.15) is 20.3 Å². The van der Waals surface area contributed by atoms with E-state index in [1.807, 2.05) is 13.8 Å². The lowest BCUT2D eigenvalue weighted by Crippen LogP contribution is -2.37. The second-order valence-corrected chi connectivity index (χ2v) is 3.22. The Bertz CT molecular complexity index is 155. The number of hydrogen-bond acceptors (Lipinski definition) is 2. The summed E-state index contributed by atoms with van der Waals surface area (Å²) in [7, 11) is 0. The minimum atomic E-state index is -0.787. The first-order valence-corrected chi connectivity index (χ1v) is 4.15. The van der Waals surface area contributed by atoms with Crippen LogP contribution in [0.4, 0.5) is 0 Å². The smallest absolute Gasteiger partial charge is 0.320 e. The first-order chi connectivity index (χ1) is 5.57. The molecule has 0 heterocycles. The van der Waals surface area contributed by atoms with E-state index in [1.54, 1.807) is 6.08 Å². The fourth-order valence-corrected chi connectivity index (χ4v) is 0.968. The average Bonchev–Trinajstić information content (AvgIpc) is 1.96. The van der Waals surface area contributed by atoms with E-state index in [2.05, 4.69) is 11.9 Å². The molecule has 0 rings (SSSR count). The number of carboxylic acids is 1. The van der Waals surface area contributed by atoms with Crippen LogP contribution in [0.15, 0.2) is 12.7 Å². The van der Waals surface area contributed by atoms with Gasteiger partial charge in [0.2, 0.25) is 0 Å². The minimum Gasteiger partial charge on any atom is -0.480 e. The van der Waals surface area contributed by atoms with E-state index in [4.69, 9.17) is 5.11 Å². The van der Waals surface area contributed by atoms with Gasteiger partial charge in [0.05, 0.1) is 0 Å². The molecule has 2 N–H and O–H groups in total. The van der Waals surface area contributed by atoms with Gasteiger partial charge in [-0.15, -0.1) is 6.58 Å². The molecule has 0 spiro atoms. The van der Waals surface area contributed by atoms with Crippen molar-refractivity contribution in [3.63, 3.8) is 0 Å². The van der Waals surface area contributed by atoms with E-state index >= 15 is 0 Å². The van der Waals surface area contributed by atoms with E-state index in [0.717, 1.165) is 0 Å². The molecule has 0 aliphatic heterocycles. The Morgan fingerprint density at radius 3 is 2.58 bits per heavy atom. The topological polar surface area (TPSA) is 49.3 Å². The molecular formula is C9H17NO2. The third-order valence-corrected chi connectivity index (χ3v) is 1.51. The highest BCUT2D eigenvalue weighted by atomic mass is 16.4. The molecule has 0 radical (unpaired) electrons. The van der Waals surface area contributed by atoms with Crippen molar-refractivity contribution in [2.24, 2.45) is 5.92 Å². The Kier molecular flexibility index (Phi) is 5.37. The highest BCUT2D eigenvalue weighted by Crippen LogP contribution is 2.04. The molecule has 1 atom stereocenters. The molecule has 0 aromatic carbocycles. The summed E-state index contributed by atoms with van der Waals surface area (Å²) in [6, 6.07) is -0.442. The van der Waals surface area contributed by atoms with Gasteiger partial charge in [0.25, 0.3) is 0 Å². The van der Waals surface area contributed by atoms with Crippen LogP contribution in [0.2, 0.25) is 0 Å². The lowest BCUT2D eigenvalue weighted by molar-refractivity contribution is -0.139. The third kappa shape index (κ3) is 4.91. The molecule has 0 aromatic heterocycles. The Hall–Kier alpha value is -0.830. The fourth-order valence-electron chi connectivity index (χ4n) is 0.968. The van der Waals surface area contributed by atoms with Gasteiger partial charge >= 0.3 is 5.97 Å². The Balaban J connectivity index is 3.86. The zero-order valence-electron chi connectivity index (χ0n) is 7.71. The predicted molar refractivity (Wildman–Crippen MR) is 49.1 cm³/mol. The maximum absolute atomic E-state index is 10.6. The second-order valence-electron chi connectivity index (χ2n) is 3.22. The van der Waals surface area contributed by atoms with Crippen molar-refractivity contribution in [2.45, 2.75) is 26.3 Å². The van der Waals surface area contributed by atoms with Crippen LogP contribution in [0.3, 0.4) is 0 Å². The van der Waals surface area contributed by atoms with Crippen molar-refractivity contribution >= 4 is 5.97 Å². The zero-order valence-corrected chi connectivity index (χ0v) is 7.71. The second kappa shape index (κ2) is 5.77. The molecule has 0 aromatic rings. The molecule has 0 aliphatic rings. The molecule has 3 heteroatoms. The number of rotatable bonds is 6. The molecule has 0 saturated carbocycles. The summed E-state index contributed by atoms with van der Waals surface area (Å²) < 4.78 is 0. The number of hydrogen-bond donors (Lipinski definition) is 2. The molecule has 70 valence electrons. The van der Waals surface area contributed by atoms with Crippen LogP contribution in [0.5, 0.6) is 0 Å². The van der Waals surface area contributed by atoms with E-state index in [1.165, 1.54) is 0 Å². The van der Waals surface area contributed by atoms with Crippen LogP contribution >= 0.6 is 0 Å². The zero-order chi connectivity index (χ0) is 9.56. The van der Waals surface area contributed by atoms with Crippen molar-refractivity contribution in [1.82, 2.24) is 5.32 Å². The summed E-state index contributed by atoms with van der Waals surface area (Å²) in [6.45, 7) is 8.07. The molecule has 12 heavy (non-hydrogen) atoms. The summed E-state index contributed by atoms with van der Waals surface area (Å²) in [5.74, 6) is -0.394. The van der Waals surface area contributed by atoms with E-state index in [0.29, 0.717) is 18.9 Å². The number of aliphatic carboxylic acids is 1. The number of carbonyl (C=O) groups is 1.